The number of benzene rings is 2. The third kappa shape index (κ3) is 2.46. The van der Waals surface area contributed by atoms with Crippen LogP contribution in [0.3, 0.4) is 0 Å². The van der Waals surface area contributed by atoms with Crippen molar-refractivity contribution in [3.8, 4) is 22.7 Å². The lowest BCUT2D eigenvalue weighted by atomic mass is 10.1. The van der Waals surface area contributed by atoms with Crippen LogP contribution in [0.5, 0.6) is 5.75 Å². The first-order chi connectivity index (χ1) is 10.7. The summed E-state index contributed by atoms with van der Waals surface area (Å²) in [6.07, 6.45) is 0. The van der Waals surface area contributed by atoms with Gasteiger partial charge in [-0.1, -0.05) is 35.0 Å². The quantitative estimate of drug-likeness (QED) is 0.804. The standard InChI is InChI=1S/C17H17N3O2/c1-12-7-9-13(10-8-12)20-17(15(11-21)18-19-20)14-5-3-4-6-16(14)22-2/h3-10,21H,11H2,1-2H3. The fourth-order valence-corrected chi connectivity index (χ4v) is 2.40. The zero-order chi connectivity index (χ0) is 15.5. The molecule has 0 saturated heterocycles. The van der Waals surface area contributed by atoms with Gasteiger partial charge in [-0.15, -0.1) is 5.10 Å². The molecular formula is C17H17N3O2. The average molecular weight is 295 g/mol. The number of hydrogen-bond donors (Lipinski definition) is 1. The van der Waals surface area contributed by atoms with Crippen LogP contribution < -0.4 is 4.74 Å². The van der Waals surface area contributed by atoms with Gasteiger partial charge in [0.15, 0.2) is 0 Å². The van der Waals surface area contributed by atoms with E-state index in [1.54, 1.807) is 11.8 Å². The normalized spacial score (nSPS) is 10.7. The summed E-state index contributed by atoms with van der Waals surface area (Å²) < 4.78 is 7.15. The first-order valence-corrected chi connectivity index (χ1v) is 7.00. The number of para-hydroxylation sites is 1. The summed E-state index contributed by atoms with van der Waals surface area (Å²) in [5, 5.41) is 17.9. The predicted octanol–water partition coefficient (Wildman–Crippen LogP) is 2.74. The molecule has 0 radical (unpaired) electrons. The summed E-state index contributed by atoms with van der Waals surface area (Å²) in [5.74, 6) is 0.716. The van der Waals surface area contributed by atoms with Crippen molar-refractivity contribution < 1.29 is 9.84 Å². The van der Waals surface area contributed by atoms with Crippen molar-refractivity contribution in [2.24, 2.45) is 0 Å². The van der Waals surface area contributed by atoms with E-state index < -0.39 is 0 Å². The van der Waals surface area contributed by atoms with Gasteiger partial charge in [0.1, 0.15) is 17.1 Å². The van der Waals surface area contributed by atoms with E-state index in [1.807, 2.05) is 55.5 Å². The maximum Gasteiger partial charge on any atom is 0.128 e. The van der Waals surface area contributed by atoms with Crippen LogP contribution in [0.2, 0.25) is 0 Å². The van der Waals surface area contributed by atoms with Crippen LogP contribution in [0, 0.1) is 6.92 Å². The van der Waals surface area contributed by atoms with Gasteiger partial charge in [0.05, 0.1) is 19.4 Å². The highest BCUT2D eigenvalue weighted by Crippen LogP contribution is 2.32. The summed E-state index contributed by atoms with van der Waals surface area (Å²) in [5.41, 5.74) is 4.16. The third-order valence-corrected chi connectivity index (χ3v) is 3.53. The molecule has 0 unspecified atom stereocenters. The van der Waals surface area contributed by atoms with Crippen molar-refractivity contribution in [1.29, 1.82) is 0 Å². The van der Waals surface area contributed by atoms with Crippen molar-refractivity contribution in [2.75, 3.05) is 7.11 Å². The molecule has 2 aromatic carbocycles. The van der Waals surface area contributed by atoms with E-state index in [-0.39, 0.29) is 6.61 Å². The molecule has 0 aliphatic rings. The molecule has 3 aromatic rings. The van der Waals surface area contributed by atoms with E-state index in [4.69, 9.17) is 4.74 Å². The van der Waals surface area contributed by atoms with Gasteiger partial charge >= 0.3 is 0 Å². The lowest BCUT2D eigenvalue weighted by Gasteiger charge is -2.11. The Morgan fingerprint density at radius 2 is 1.82 bits per heavy atom. The summed E-state index contributed by atoms with van der Waals surface area (Å²) in [6.45, 7) is 1.85. The van der Waals surface area contributed by atoms with E-state index in [9.17, 15) is 5.11 Å². The summed E-state index contributed by atoms with van der Waals surface area (Å²) >= 11 is 0. The molecule has 0 bridgehead atoms. The van der Waals surface area contributed by atoms with Gasteiger partial charge in [-0.25, -0.2) is 4.68 Å². The molecule has 0 spiro atoms. The van der Waals surface area contributed by atoms with Crippen LogP contribution >= 0.6 is 0 Å². The molecule has 1 aromatic heterocycles. The van der Waals surface area contributed by atoms with Gasteiger partial charge in [-0.3, -0.25) is 0 Å². The largest absolute Gasteiger partial charge is 0.496 e. The van der Waals surface area contributed by atoms with Crippen LogP contribution in [-0.2, 0) is 6.61 Å². The van der Waals surface area contributed by atoms with Crippen LogP contribution in [0.25, 0.3) is 16.9 Å². The van der Waals surface area contributed by atoms with E-state index in [1.165, 1.54) is 5.56 Å². The van der Waals surface area contributed by atoms with E-state index in [0.29, 0.717) is 11.4 Å². The smallest absolute Gasteiger partial charge is 0.128 e. The molecule has 0 amide bonds. The fraction of sp³-hybridized carbons (Fsp3) is 0.176. The topological polar surface area (TPSA) is 60.2 Å². The molecule has 112 valence electrons. The molecule has 5 nitrogen and oxygen atoms in total. The zero-order valence-electron chi connectivity index (χ0n) is 12.5. The van der Waals surface area contributed by atoms with Crippen molar-refractivity contribution in [2.45, 2.75) is 13.5 Å². The summed E-state index contributed by atoms with van der Waals surface area (Å²) in [4.78, 5) is 0. The van der Waals surface area contributed by atoms with E-state index in [2.05, 4.69) is 10.3 Å². The van der Waals surface area contributed by atoms with Gasteiger partial charge < -0.3 is 9.84 Å². The minimum atomic E-state index is -0.181. The minimum absolute atomic E-state index is 0.181. The number of aliphatic hydroxyl groups excluding tert-OH is 1. The van der Waals surface area contributed by atoms with Gasteiger partial charge in [0.2, 0.25) is 0 Å². The molecule has 1 N–H and O–H groups in total. The van der Waals surface area contributed by atoms with Crippen LogP contribution in [0.15, 0.2) is 48.5 Å². The highest BCUT2D eigenvalue weighted by Gasteiger charge is 2.18. The zero-order valence-corrected chi connectivity index (χ0v) is 12.5. The van der Waals surface area contributed by atoms with Crippen molar-refractivity contribution >= 4 is 0 Å². The summed E-state index contributed by atoms with van der Waals surface area (Å²) in [7, 11) is 1.62. The molecule has 0 saturated carbocycles. The summed E-state index contributed by atoms with van der Waals surface area (Å²) in [6, 6.07) is 15.6. The Morgan fingerprint density at radius 3 is 2.50 bits per heavy atom. The maximum atomic E-state index is 9.59. The Bertz CT molecular complexity index is 779. The molecule has 0 aliphatic carbocycles. The van der Waals surface area contributed by atoms with Crippen molar-refractivity contribution in [3.05, 3.63) is 59.8 Å². The SMILES string of the molecule is COc1ccccc1-c1c(CO)nnn1-c1ccc(C)cc1. The minimum Gasteiger partial charge on any atom is -0.496 e. The van der Waals surface area contributed by atoms with Crippen LogP contribution in [0.1, 0.15) is 11.3 Å². The monoisotopic (exact) mass is 295 g/mol. The Balaban J connectivity index is 2.22. The Kier molecular flexibility index (Phi) is 3.89. The number of aryl methyl sites for hydroxylation is 1. The van der Waals surface area contributed by atoms with Crippen LogP contribution in [0.4, 0.5) is 0 Å². The molecule has 1 heterocycles. The Hall–Kier alpha value is -2.66. The molecule has 0 aliphatic heterocycles. The number of aromatic nitrogens is 3. The molecule has 5 heteroatoms. The highest BCUT2D eigenvalue weighted by atomic mass is 16.5. The average Bonchev–Trinajstić information content (AvgIpc) is 2.99. The van der Waals surface area contributed by atoms with Crippen molar-refractivity contribution in [1.82, 2.24) is 15.0 Å². The van der Waals surface area contributed by atoms with Crippen LogP contribution in [-0.4, -0.2) is 27.2 Å². The predicted molar refractivity (Wildman–Crippen MR) is 84.0 cm³/mol. The van der Waals surface area contributed by atoms with Crippen molar-refractivity contribution in [3.63, 3.8) is 0 Å². The second-order valence-corrected chi connectivity index (χ2v) is 4.99. The van der Waals surface area contributed by atoms with Gasteiger partial charge in [0.25, 0.3) is 0 Å². The maximum absolute atomic E-state index is 9.59. The molecule has 0 atom stereocenters. The highest BCUT2D eigenvalue weighted by molar-refractivity contribution is 5.70. The first kappa shape index (κ1) is 14.3. The Labute approximate surface area is 128 Å². The molecular weight excluding hydrogens is 278 g/mol. The number of nitrogens with zero attached hydrogens (tertiary/aromatic N) is 3. The first-order valence-electron chi connectivity index (χ1n) is 7.00. The molecule has 22 heavy (non-hydrogen) atoms. The number of aliphatic hydroxyl groups is 1. The molecule has 0 fully saturated rings. The number of methoxy groups -OCH3 is 1. The van der Waals surface area contributed by atoms with Gasteiger partial charge in [0, 0.05) is 5.56 Å². The number of rotatable bonds is 4. The molecule has 3 rings (SSSR count). The lowest BCUT2D eigenvalue weighted by molar-refractivity contribution is 0.277. The lowest BCUT2D eigenvalue weighted by Crippen LogP contribution is -2.01. The van der Waals surface area contributed by atoms with E-state index in [0.717, 1.165) is 16.9 Å². The third-order valence-electron chi connectivity index (χ3n) is 3.53. The Morgan fingerprint density at radius 1 is 1.09 bits per heavy atom. The second-order valence-electron chi connectivity index (χ2n) is 4.99. The van der Waals surface area contributed by atoms with E-state index >= 15 is 0 Å². The fourth-order valence-electron chi connectivity index (χ4n) is 2.40. The van der Waals surface area contributed by atoms with Gasteiger partial charge in [-0.2, -0.15) is 0 Å². The number of ether oxygens (including phenoxy) is 1. The second kappa shape index (κ2) is 5.99. The van der Waals surface area contributed by atoms with Gasteiger partial charge in [-0.05, 0) is 31.2 Å². The number of hydrogen-bond acceptors (Lipinski definition) is 4.